The minimum absolute atomic E-state index is 0.157. The van der Waals surface area contributed by atoms with Crippen LogP contribution in [0.5, 0.6) is 11.5 Å². The fourth-order valence-electron chi connectivity index (χ4n) is 2.24. The molecule has 0 radical (unpaired) electrons. The lowest BCUT2D eigenvalue weighted by Crippen LogP contribution is -2.29. The topological polar surface area (TPSA) is 77.7 Å². The first-order chi connectivity index (χ1) is 11.0. The van der Waals surface area contributed by atoms with Gasteiger partial charge >= 0.3 is 0 Å². The second-order valence-corrected chi connectivity index (χ2v) is 5.00. The molecule has 1 heterocycles. The summed E-state index contributed by atoms with van der Waals surface area (Å²) in [7, 11) is 4.75. The SMILES string of the molecule is CNC(=O)/C(=N/OC)c1c(C)cccc1Oc1cn(C)nc1C. The average molecular weight is 316 g/mol. The molecule has 122 valence electrons. The molecule has 1 aromatic heterocycles. The summed E-state index contributed by atoms with van der Waals surface area (Å²) in [5, 5.41) is 10.7. The van der Waals surface area contributed by atoms with Gasteiger partial charge in [-0.2, -0.15) is 5.10 Å². The highest BCUT2D eigenvalue weighted by atomic mass is 16.6. The fourth-order valence-corrected chi connectivity index (χ4v) is 2.24. The Labute approximate surface area is 134 Å². The molecule has 1 aromatic carbocycles. The molecule has 0 atom stereocenters. The number of rotatable bonds is 5. The van der Waals surface area contributed by atoms with Crippen LogP contribution < -0.4 is 10.1 Å². The standard InChI is InChI=1S/C16H20N4O3/c1-10-7-6-8-12(23-13-9-20(4)18-11(13)2)14(10)15(19-22-5)16(21)17-3/h6-9H,1-5H3,(H,17,21)/b19-15+. The number of oxime groups is 1. The Bertz CT molecular complexity index is 750. The molecule has 0 aliphatic carbocycles. The second-order valence-electron chi connectivity index (χ2n) is 5.00. The van der Waals surface area contributed by atoms with Gasteiger partial charge in [0.25, 0.3) is 5.91 Å². The van der Waals surface area contributed by atoms with Crippen LogP contribution >= 0.6 is 0 Å². The van der Waals surface area contributed by atoms with E-state index in [0.29, 0.717) is 17.1 Å². The molecule has 0 spiro atoms. The molecule has 0 aliphatic rings. The fraction of sp³-hybridized carbons (Fsp3) is 0.312. The van der Waals surface area contributed by atoms with E-state index < -0.39 is 0 Å². The first-order valence-corrected chi connectivity index (χ1v) is 7.09. The predicted molar refractivity (Wildman–Crippen MR) is 86.8 cm³/mol. The Morgan fingerprint density at radius 2 is 2.04 bits per heavy atom. The number of carbonyl (C=O) groups excluding carboxylic acids is 1. The van der Waals surface area contributed by atoms with Gasteiger partial charge in [0.2, 0.25) is 0 Å². The van der Waals surface area contributed by atoms with Crippen LogP contribution in [0.1, 0.15) is 16.8 Å². The van der Waals surface area contributed by atoms with E-state index in [4.69, 9.17) is 9.57 Å². The lowest BCUT2D eigenvalue weighted by molar-refractivity contribution is -0.114. The van der Waals surface area contributed by atoms with E-state index in [1.165, 1.54) is 14.2 Å². The molecular weight excluding hydrogens is 296 g/mol. The first kappa shape index (κ1) is 16.5. The zero-order valence-electron chi connectivity index (χ0n) is 13.9. The van der Waals surface area contributed by atoms with Crippen molar-refractivity contribution >= 4 is 11.6 Å². The molecule has 23 heavy (non-hydrogen) atoms. The quantitative estimate of drug-likeness (QED) is 0.675. The molecule has 7 nitrogen and oxygen atoms in total. The van der Waals surface area contributed by atoms with E-state index in [0.717, 1.165) is 11.3 Å². The van der Waals surface area contributed by atoms with Crippen molar-refractivity contribution < 1.29 is 14.4 Å². The van der Waals surface area contributed by atoms with Crippen LogP contribution in [-0.4, -0.2) is 35.6 Å². The third-order valence-corrected chi connectivity index (χ3v) is 3.28. The molecule has 0 fully saturated rings. The average Bonchev–Trinajstić information content (AvgIpc) is 2.83. The van der Waals surface area contributed by atoms with Gasteiger partial charge < -0.3 is 14.9 Å². The summed E-state index contributed by atoms with van der Waals surface area (Å²) in [4.78, 5) is 17.0. The highest BCUT2D eigenvalue weighted by Crippen LogP contribution is 2.30. The van der Waals surface area contributed by atoms with Crippen LogP contribution in [-0.2, 0) is 16.7 Å². The van der Waals surface area contributed by atoms with Crippen molar-refractivity contribution in [2.24, 2.45) is 12.2 Å². The van der Waals surface area contributed by atoms with E-state index in [2.05, 4.69) is 15.6 Å². The molecule has 1 amide bonds. The summed E-state index contributed by atoms with van der Waals surface area (Å²) in [5.74, 6) is 0.780. The van der Waals surface area contributed by atoms with Crippen molar-refractivity contribution in [1.82, 2.24) is 15.1 Å². The van der Waals surface area contributed by atoms with Gasteiger partial charge in [0.15, 0.2) is 11.5 Å². The molecule has 2 rings (SSSR count). The number of hydrogen-bond donors (Lipinski definition) is 1. The van der Waals surface area contributed by atoms with Crippen molar-refractivity contribution in [3.63, 3.8) is 0 Å². The zero-order valence-corrected chi connectivity index (χ0v) is 13.9. The van der Waals surface area contributed by atoms with Crippen LogP contribution in [0.15, 0.2) is 29.6 Å². The van der Waals surface area contributed by atoms with Gasteiger partial charge in [0.05, 0.1) is 11.8 Å². The summed E-state index contributed by atoms with van der Waals surface area (Å²) in [5.41, 5.74) is 2.34. The van der Waals surface area contributed by atoms with E-state index in [-0.39, 0.29) is 11.6 Å². The lowest BCUT2D eigenvalue weighted by Gasteiger charge is -2.14. The van der Waals surface area contributed by atoms with Crippen LogP contribution in [0.2, 0.25) is 0 Å². The Kier molecular flexibility index (Phi) is 5.00. The maximum absolute atomic E-state index is 12.1. The highest BCUT2D eigenvalue weighted by molar-refractivity contribution is 6.46. The van der Waals surface area contributed by atoms with Gasteiger partial charge in [-0.1, -0.05) is 17.3 Å². The van der Waals surface area contributed by atoms with Gasteiger partial charge in [-0.15, -0.1) is 0 Å². The zero-order chi connectivity index (χ0) is 17.0. The van der Waals surface area contributed by atoms with Gasteiger partial charge in [-0.05, 0) is 25.5 Å². The van der Waals surface area contributed by atoms with Gasteiger partial charge in [-0.3, -0.25) is 9.48 Å². The third-order valence-electron chi connectivity index (χ3n) is 3.28. The number of nitrogens with zero attached hydrogens (tertiary/aromatic N) is 3. The van der Waals surface area contributed by atoms with E-state index >= 15 is 0 Å². The molecule has 1 N–H and O–H groups in total. The van der Waals surface area contributed by atoms with Gasteiger partial charge in [0.1, 0.15) is 18.6 Å². The molecule has 0 saturated carbocycles. The Morgan fingerprint density at radius 3 is 2.61 bits per heavy atom. The maximum Gasteiger partial charge on any atom is 0.273 e. The summed E-state index contributed by atoms with van der Waals surface area (Å²) in [6.45, 7) is 3.74. The first-order valence-electron chi connectivity index (χ1n) is 7.09. The number of aryl methyl sites for hydroxylation is 3. The lowest BCUT2D eigenvalue weighted by atomic mass is 10.0. The van der Waals surface area contributed by atoms with E-state index in [1.807, 2.05) is 33.0 Å². The number of amides is 1. The number of hydrogen-bond acceptors (Lipinski definition) is 5. The number of nitrogens with one attached hydrogen (secondary N) is 1. The molecule has 0 saturated heterocycles. The summed E-state index contributed by atoms with van der Waals surface area (Å²) in [6.07, 6.45) is 1.77. The Hall–Kier alpha value is -2.83. The number of likely N-dealkylation sites (N-methyl/N-ethyl adjacent to an activating group) is 1. The number of benzene rings is 1. The Morgan fingerprint density at radius 1 is 1.30 bits per heavy atom. The monoisotopic (exact) mass is 316 g/mol. The van der Waals surface area contributed by atoms with Crippen molar-refractivity contribution in [3.8, 4) is 11.5 Å². The minimum Gasteiger partial charge on any atom is -0.453 e. The van der Waals surface area contributed by atoms with Crippen molar-refractivity contribution in [1.29, 1.82) is 0 Å². The van der Waals surface area contributed by atoms with Crippen molar-refractivity contribution in [3.05, 3.63) is 41.2 Å². The summed E-state index contributed by atoms with van der Waals surface area (Å²) in [6, 6.07) is 5.52. The minimum atomic E-state index is -0.353. The number of ether oxygens (including phenoxy) is 1. The van der Waals surface area contributed by atoms with Crippen molar-refractivity contribution in [2.75, 3.05) is 14.2 Å². The molecule has 2 aromatic rings. The third kappa shape index (κ3) is 3.50. The summed E-state index contributed by atoms with van der Waals surface area (Å²) < 4.78 is 7.63. The van der Waals surface area contributed by atoms with Gasteiger partial charge in [-0.25, -0.2) is 0 Å². The van der Waals surface area contributed by atoms with Crippen LogP contribution in [0, 0.1) is 13.8 Å². The Balaban J connectivity index is 2.53. The van der Waals surface area contributed by atoms with Crippen LogP contribution in [0.3, 0.4) is 0 Å². The molecule has 7 heteroatoms. The van der Waals surface area contributed by atoms with Crippen molar-refractivity contribution in [2.45, 2.75) is 13.8 Å². The number of carbonyl (C=O) groups is 1. The second kappa shape index (κ2) is 6.95. The number of aromatic nitrogens is 2. The van der Waals surface area contributed by atoms with Crippen LogP contribution in [0.4, 0.5) is 0 Å². The maximum atomic E-state index is 12.1. The predicted octanol–water partition coefficient (Wildman–Crippen LogP) is 1.93. The van der Waals surface area contributed by atoms with E-state index in [9.17, 15) is 4.79 Å². The molecule has 0 bridgehead atoms. The molecule has 0 aliphatic heterocycles. The normalized spacial score (nSPS) is 11.3. The highest BCUT2D eigenvalue weighted by Gasteiger charge is 2.21. The smallest absolute Gasteiger partial charge is 0.273 e. The van der Waals surface area contributed by atoms with Crippen LogP contribution in [0.25, 0.3) is 0 Å². The van der Waals surface area contributed by atoms with Gasteiger partial charge in [0, 0.05) is 14.1 Å². The summed E-state index contributed by atoms with van der Waals surface area (Å²) >= 11 is 0. The largest absolute Gasteiger partial charge is 0.453 e. The molecular formula is C16H20N4O3. The molecule has 0 unspecified atom stereocenters. The van der Waals surface area contributed by atoms with E-state index in [1.54, 1.807) is 16.9 Å².